The topological polar surface area (TPSA) is 42.7 Å². The van der Waals surface area contributed by atoms with Gasteiger partial charge >= 0.3 is 0 Å². The Morgan fingerprint density at radius 1 is 1.27 bits per heavy atom. The Morgan fingerprint density at radius 2 is 2.04 bits per heavy atom. The summed E-state index contributed by atoms with van der Waals surface area (Å²) >= 11 is 3.44. The molecule has 0 aromatic carbocycles. The first-order valence-electron chi connectivity index (χ1n) is 9.65. The predicted octanol–water partition coefficient (Wildman–Crippen LogP) is 2.38. The van der Waals surface area contributed by atoms with Crippen LogP contribution >= 0.6 is 23.1 Å². The molecule has 0 aliphatic carbocycles. The number of rotatable bonds is 4. The highest BCUT2D eigenvalue weighted by molar-refractivity contribution is 7.98. The number of piperazine rings is 1. The van der Waals surface area contributed by atoms with Gasteiger partial charge in [0.05, 0.1) is 50.3 Å². The molecule has 1 saturated heterocycles. The third-order valence-corrected chi connectivity index (χ3v) is 7.64. The number of thiophene rings is 1. The molecular weight excluding hydrogens is 364 g/mol. The zero-order valence-corrected chi connectivity index (χ0v) is 17.9. The molecule has 4 heterocycles. The van der Waals surface area contributed by atoms with E-state index in [1.807, 2.05) is 0 Å². The van der Waals surface area contributed by atoms with Crippen LogP contribution in [0.3, 0.4) is 0 Å². The van der Waals surface area contributed by atoms with E-state index in [0.717, 1.165) is 41.7 Å². The van der Waals surface area contributed by atoms with Gasteiger partial charge in [0, 0.05) is 11.3 Å². The van der Waals surface area contributed by atoms with Crippen LogP contribution in [0.4, 0.5) is 5.82 Å². The third-order valence-electron chi connectivity index (χ3n) is 6.00. The summed E-state index contributed by atoms with van der Waals surface area (Å²) in [5.41, 5.74) is 1.37. The van der Waals surface area contributed by atoms with Gasteiger partial charge in [0.1, 0.15) is 10.6 Å². The van der Waals surface area contributed by atoms with Crippen molar-refractivity contribution in [3.05, 3.63) is 10.4 Å². The van der Waals surface area contributed by atoms with E-state index in [0.29, 0.717) is 6.61 Å². The van der Waals surface area contributed by atoms with E-state index in [9.17, 15) is 0 Å². The molecule has 4 rings (SSSR count). The number of hydrogen-bond acceptors (Lipinski definition) is 6. The van der Waals surface area contributed by atoms with Crippen molar-refractivity contribution in [2.24, 2.45) is 0 Å². The highest BCUT2D eigenvalue weighted by Crippen LogP contribution is 2.43. The molecule has 0 bridgehead atoms. The zero-order valence-electron chi connectivity index (χ0n) is 16.2. The van der Waals surface area contributed by atoms with Crippen LogP contribution in [0.1, 0.15) is 37.6 Å². The van der Waals surface area contributed by atoms with E-state index in [1.165, 1.54) is 35.5 Å². The average Bonchev–Trinajstić information content (AvgIpc) is 3.04. The van der Waals surface area contributed by atoms with Gasteiger partial charge in [0.25, 0.3) is 0 Å². The van der Waals surface area contributed by atoms with Crippen LogP contribution in [0.2, 0.25) is 0 Å². The molecule has 0 unspecified atom stereocenters. The first-order chi connectivity index (χ1) is 12.6. The summed E-state index contributed by atoms with van der Waals surface area (Å²) in [4.78, 5) is 16.5. The van der Waals surface area contributed by atoms with Crippen molar-refractivity contribution >= 4 is 39.1 Å². The Morgan fingerprint density at radius 3 is 2.69 bits per heavy atom. The monoisotopic (exact) mass is 393 g/mol. The summed E-state index contributed by atoms with van der Waals surface area (Å²) in [6, 6.07) is 0. The molecule has 1 fully saturated rings. The average molecular weight is 394 g/mol. The molecule has 1 atom stereocenters. The zero-order chi connectivity index (χ0) is 18.3. The number of ether oxygens (including phenoxy) is 1. The molecule has 7 heteroatoms. The maximum Gasteiger partial charge on any atom is 0.190 e. The molecule has 0 saturated carbocycles. The lowest BCUT2D eigenvalue weighted by molar-refractivity contribution is -0.898. The second-order valence-corrected chi connectivity index (χ2v) is 9.43. The SMILES string of the molecule is CC[NH+]1CCN(c2nc(SC)nc3sc4c(c23)C[C@](C)(CC)OC4)CC1. The van der Waals surface area contributed by atoms with Crippen LogP contribution in [-0.4, -0.2) is 54.5 Å². The molecule has 2 aliphatic rings. The van der Waals surface area contributed by atoms with E-state index in [4.69, 9.17) is 14.7 Å². The molecule has 2 aliphatic heterocycles. The smallest absolute Gasteiger partial charge is 0.190 e. The highest BCUT2D eigenvalue weighted by atomic mass is 32.2. The maximum absolute atomic E-state index is 6.18. The summed E-state index contributed by atoms with van der Waals surface area (Å²) in [6.45, 7) is 13.2. The Hall–Kier alpha value is -0.890. The molecule has 0 amide bonds. The Kier molecular flexibility index (Phi) is 5.16. The largest absolute Gasteiger partial charge is 0.369 e. The lowest BCUT2D eigenvalue weighted by Crippen LogP contribution is -3.14. The van der Waals surface area contributed by atoms with Gasteiger partial charge in [0.15, 0.2) is 5.16 Å². The summed E-state index contributed by atoms with van der Waals surface area (Å²) in [7, 11) is 0. The number of thioether (sulfide) groups is 1. The second-order valence-electron chi connectivity index (χ2n) is 7.58. The fourth-order valence-corrected chi connectivity index (χ4v) is 5.48. The lowest BCUT2D eigenvalue weighted by Gasteiger charge is -2.35. The maximum atomic E-state index is 6.18. The minimum atomic E-state index is -0.0679. The van der Waals surface area contributed by atoms with Crippen LogP contribution in [0.25, 0.3) is 10.2 Å². The van der Waals surface area contributed by atoms with Gasteiger partial charge in [-0.1, -0.05) is 18.7 Å². The number of aromatic nitrogens is 2. The normalized spacial score (nSPS) is 24.2. The van der Waals surface area contributed by atoms with Crippen molar-refractivity contribution in [1.82, 2.24) is 9.97 Å². The number of nitrogens with zero attached hydrogens (tertiary/aromatic N) is 3. The minimum Gasteiger partial charge on any atom is -0.369 e. The van der Waals surface area contributed by atoms with E-state index < -0.39 is 0 Å². The van der Waals surface area contributed by atoms with Crippen LogP contribution in [-0.2, 0) is 17.8 Å². The first kappa shape index (κ1) is 18.5. The summed E-state index contributed by atoms with van der Waals surface area (Å²) < 4.78 is 6.18. The second kappa shape index (κ2) is 7.26. The van der Waals surface area contributed by atoms with Crippen molar-refractivity contribution in [2.75, 3.05) is 43.9 Å². The Labute approximate surface area is 164 Å². The van der Waals surface area contributed by atoms with Gasteiger partial charge < -0.3 is 14.5 Å². The van der Waals surface area contributed by atoms with Crippen LogP contribution in [0, 0.1) is 0 Å². The van der Waals surface area contributed by atoms with Gasteiger partial charge in [-0.25, -0.2) is 9.97 Å². The Bertz CT molecular complexity index is 800. The number of fused-ring (bicyclic) bond motifs is 3. The molecule has 2 aromatic rings. The van der Waals surface area contributed by atoms with Gasteiger partial charge in [-0.2, -0.15) is 0 Å². The highest BCUT2D eigenvalue weighted by Gasteiger charge is 2.34. The van der Waals surface area contributed by atoms with Crippen molar-refractivity contribution in [1.29, 1.82) is 0 Å². The number of anilines is 1. The van der Waals surface area contributed by atoms with E-state index >= 15 is 0 Å². The van der Waals surface area contributed by atoms with Gasteiger partial charge in [-0.3, -0.25) is 0 Å². The quantitative estimate of drug-likeness (QED) is 0.638. The summed E-state index contributed by atoms with van der Waals surface area (Å²) in [6.07, 6.45) is 4.06. The van der Waals surface area contributed by atoms with E-state index in [-0.39, 0.29) is 5.60 Å². The third kappa shape index (κ3) is 3.23. The van der Waals surface area contributed by atoms with Crippen molar-refractivity contribution in [3.8, 4) is 0 Å². The molecule has 2 aromatic heterocycles. The molecule has 142 valence electrons. The Balaban J connectivity index is 1.80. The number of nitrogens with one attached hydrogen (secondary N) is 1. The number of quaternary nitrogens is 1. The number of hydrogen-bond donors (Lipinski definition) is 1. The van der Waals surface area contributed by atoms with Crippen molar-refractivity contribution in [2.45, 2.75) is 51.0 Å². The van der Waals surface area contributed by atoms with Crippen molar-refractivity contribution in [3.63, 3.8) is 0 Å². The minimum absolute atomic E-state index is 0.0679. The molecular formula is C19H29N4OS2+. The van der Waals surface area contributed by atoms with Gasteiger partial charge in [-0.05, 0) is 32.1 Å². The molecule has 0 radical (unpaired) electrons. The van der Waals surface area contributed by atoms with Crippen LogP contribution < -0.4 is 9.80 Å². The standard InChI is InChI=1S/C19H28N4OS2/c1-5-19(3)11-13-14(12-24-19)26-17-15(13)16(20-18(21-17)25-4)23-9-7-22(6-2)8-10-23/h5-12H2,1-4H3/p+1/t19-/m0/s1. The van der Waals surface area contributed by atoms with E-state index in [2.05, 4.69) is 31.9 Å². The fourth-order valence-electron chi connectivity index (χ4n) is 3.97. The number of likely N-dealkylation sites (N-methyl/N-ethyl adjacent to an activating group) is 1. The predicted molar refractivity (Wildman–Crippen MR) is 110 cm³/mol. The van der Waals surface area contributed by atoms with Crippen LogP contribution in [0.15, 0.2) is 5.16 Å². The van der Waals surface area contributed by atoms with Gasteiger partial charge in [-0.15, -0.1) is 11.3 Å². The first-order valence-corrected chi connectivity index (χ1v) is 11.7. The molecule has 1 N–H and O–H groups in total. The van der Waals surface area contributed by atoms with Gasteiger partial charge in [0.2, 0.25) is 0 Å². The molecule has 0 spiro atoms. The summed E-state index contributed by atoms with van der Waals surface area (Å²) in [5, 5.41) is 2.18. The summed E-state index contributed by atoms with van der Waals surface area (Å²) in [5.74, 6) is 1.16. The lowest BCUT2D eigenvalue weighted by atomic mass is 9.90. The van der Waals surface area contributed by atoms with Crippen LogP contribution in [0.5, 0.6) is 0 Å². The van der Waals surface area contributed by atoms with Crippen molar-refractivity contribution < 1.29 is 9.64 Å². The molecule has 5 nitrogen and oxygen atoms in total. The fraction of sp³-hybridized carbons (Fsp3) is 0.684. The van der Waals surface area contributed by atoms with E-state index in [1.54, 1.807) is 28.0 Å². The molecule has 26 heavy (non-hydrogen) atoms.